The highest BCUT2D eigenvalue weighted by atomic mass is 79.9. The number of rotatable bonds is 5. The summed E-state index contributed by atoms with van der Waals surface area (Å²) in [6.07, 6.45) is 5.92. The lowest BCUT2D eigenvalue weighted by molar-refractivity contribution is 0.0677. The third-order valence-corrected chi connectivity index (χ3v) is 7.07. The van der Waals surface area contributed by atoms with Gasteiger partial charge in [0.05, 0.1) is 8.66 Å². The zero-order valence-corrected chi connectivity index (χ0v) is 16.0. The van der Waals surface area contributed by atoms with Gasteiger partial charge in [-0.25, -0.2) is 0 Å². The van der Waals surface area contributed by atoms with Gasteiger partial charge in [0.25, 0.3) is 5.91 Å². The largest absolute Gasteiger partial charge is 0.335 e. The molecule has 1 fully saturated rings. The normalized spacial score (nSPS) is 16.1. The fourth-order valence-electron chi connectivity index (χ4n) is 2.66. The van der Waals surface area contributed by atoms with Crippen LogP contribution >= 0.6 is 43.2 Å². The van der Waals surface area contributed by atoms with Gasteiger partial charge in [0.15, 0.2) is 0 Å². The van der Waals surface area contributed by atoms with Crippen LogP contribution in [0.3, 0.4) is 0 Å². The van der Waals surface area contributed by atoms with Gasteiger partial charge in [-0.2, -0.15) is 0 Å². The first kappa shape index (κ1) is 16.5. The topological polar surface area (TPSA) is 20.3 Å². The Balaban J connectivity index is 2.13. The van der Waals surface area contributed by atoms with Gasteiger partial charge < -0.3 is 4.90 Å². The van der Waals surface area contributed by atoms with Crippen molar-refractivity contribution in [2.24, 2.45) is 5.92 Å². The molecule has 112 valence electrons. The van der Waals surface area contributed by atoms with Crippen LogP contribution in [-0.2, 0) is 0 Å². The fourth-order valence-corrected chi connectivity index (χ4v) is 4.65. The molecule has 0 aliphatic heterocycles. The molecule has 1 aromatic heterocycles. The second-order valence-corrected chi connectivity index (χ2v) is 9.08. The molecule has 0 atom stereocenters. The summed E-state index contributed by atoms with van der Waals surface area (Å²) in [6.45, 7) is 5.32. The van der Waals surface area contributed by atoms with E-state index < -0.39 is 0 Å². The van der Waals surface area contributed by atoms with Crippen LogP contribution in [0.25, 0.3) is 0 Å². The van der Waals surface area contributed by atoms with Gasteiger partial charge in [0.1, 0.15) is 0 Å². The van der Waals surface area contributed by atoms with E-state index >= 15 is 0 Å². The van der Waals surface area contributed by atoms with Crippen LogP contribution in [0, 0.1) is 5.92 Å². The Morgan fingerprint density at radius 1 is 1.40 bits per heavy atom. The van der Waals surface area contributed by atoms with E-state index in [0.29, 0.717) is 12.0 Å². The number of hydrogen-bond donors (Lipinski definition) is 0. The molecule has 1 saturated carbocycles. The van der Waals surface area contributed by atoms with Crippen molar-refractivity contribution < 1.29 is 4.79 Å². The van der Waals surface area contributed by atoms with E-state index in [-0.39, 0.29) is 5.91 Å². The van der Waals surface area contributed by atoms with Crippen LogP contribution in [0.5, 0.6) is 0 Å². The molecule has 20 heavy (non-hydrogen) atoms. The number of halogens is 2. The summed E-state index contributed by atoms with van der Waals surface area (Å²) >= 11 is 8.47. The van der Waals surface area contributed by atoms with E-state index in [9.17, 15) is 4.79 Å². The van der Waals surface area contributed by atoms with Gasteiger partial charge in [0.2, 0.25) is 0 Å². The smallest absolute Gasteiger partial charge is 0.264 e. The van der Waals surface area contributed by atoms with Crippen molar-refractivity contribution in [3.8, 4) is 0 Å². The molecule has 0 spiro atoms. The Bertz CT molecular complexity index is 447. The standard InChI is InChI=1S/C15H21Br2NOS/c1-10(2)7-8-18(11-5-3-4-6-11)15(19)13-9-12(16)14(17)20-13/h9-11H,3-8H2,1-2H3. The minimum absolute atomic E-state index is 0.203. The molecule has 1 aromatic rings. The minimum Gasteiger partial charge on any atom is -0.335 e. The summed E-state index contributed by atoms with van der Waals surface area (Å²) in [5.41, 5.74) is 0. The highest BCUT2D eigenvalue weighted by Crippen LogP contribution is 2.34. The maximum Gasteiger partial charge on any atom is 0.264 e. The highest BCUT2D eigenvalue weighted by Gasteiger charge is 2.28. The quantitative estimate of drug-likeness (QED) is 0.595. The highest BCUT2D eigenvalue weighted by molar-refractivity contribution is 9.13. The zero-order valence-electron chi connectivity index (χ0n) is 12.0. The van der Waals surface area contributed by atoms with E-state index in [2.05, 4.69) is 50.6 Å². The maximum atomic E-state index is 12.8. The van der Waals surface area contributed by atoms with E-state index in [1.54, 1.807) is 0 Å². The molecule has 0 bridgehead atoms. The molecule has 0 N–H and O–H groups in total. The SMILES string of the molecule is CC(C)CCN(C(=O)c1cc(Br)c(Br)s1)C1CCCC1. The van der Waals surface area contributed by atoms with Crippen LogP contribution in [0.15, 0.2) is 14.3 Å². The summed E-state index contributed by atoms with van der Waals surface area (Å²) < 4.78 is 1.97. The van der Waals surface area contributed by atoms with Crippen LogP contribution < -0.4 is 0 Å². The van der Waals surface area contributed by atoms with Crippen molar-refractivity contribution in [1.29, 1.82) is 0 Å². The van der Waals surface area contributed by atoms with Crippen molar-refractivity contribution in [3.63, 3.8) is 0 Å². The van der Waals surface area contributed by atoms with Crippen LogP contribution in [0.1, 0.15) is 55.6 Å². The Labute approximate surface area is 142 Å². The number of carbonyl (C=O) groups is 1. The predicted octanol–water partition coefficient (Wildman–Crippen LogP) is 5.70. The second kappa shape index (κ2) is 7.41. The second-order valence-electron chi connectivity index (χ2n) is 5.85. The summed E-state index contributed by atoms with van der Waals surface area (Å²) in [4.78, 5) is 15.8. The average Bonchev–Trinajstić information content (AvgIpc) is 3.00. The Morgan fingerprint density at radius 3 is 2.55 bits per heavy atom. The first-order chi connectivity index (χ1) is 9.49. The number of amides is 1. The summed E-state index contributed by atoms with van der Waals surface area (Å²) in [5, 5.41) is 0. The van der Waals surface area contributed by atoms with Gasteiger partial charge in [-0.05, 0) is 63.1 Å². The van der Waals surface area contributed by atoms with E-state index in [1.165, 1.54) is 24.2 Å². The lowest BCUT2D eigenvalue weighted by Gasteiger charge is -2.29. The predicted molar refractivity (Wildman–Crippen MR) is 92.5 cm³/mol. The molecule has 1 amide bonds. The molecule has 1 aliphatic carbocycles. The lowest BCUT2D eigenvalue weighted by Crippen LogP contribution is -2.39. The molecule has 0 radical (unpaired) electrons. The number of hydrogen-bond acceptors (Lipinski definition) is 2. The van der Waals surface area contributed by atoms with Crippen LogP contribution in [0.4, 0.5) is 0 Å². The summed E-state index contributed by atoms with van der Waals surface area (Å²) in [6, 6.07) is 2.38. The summed E-state index contributed by atoms with van der Waals surface area (Å²) in [7, 11) is 0. The molecular formula is C15H21Br2NOS. The van der Waals surface area contributed by atoms with Gasteiger partial charge in [-0.1, -0.05) is 26.7 Å². The molecule has 0 saturated heterocycles. The molecular weight excluding hydrogens is 402 g/mol. The average molecular weight is 423 g/mol. The van der Waals surface area contributed by atoms with Gasteiger partial charge in [-0.15, -0.1) is 11.3 Å². The molecule has 2 rings (SSSR count). The molecule has 0 aromatic carbocycles. The van der Waals surface area contributed by atoms with Crippen molar-refractivity contribution >= 4 is 49.1 Å². The monoisotopic (exact) mass is 421 g/mol. The summed E-state index contributed by atoms with van der Waals surface area (Å²) in [5.74, 6) is 0.836. The minimum atomic E-state index is 0.203. The number of thiophene rings is 1. The van der Waals surface area contributed by atoms with Crippen LogP contribution in [0.2, 0.25) is 0 Å². The first-order valence-electron chi connectivity index (χ1n) is 7.25. The molecule has 0 unspecified atom stereocenters. The van der Waals surface area contributed by atoms with Gasteiger partial charge >= 0.3 is 0 Å². The maximum absolute atomic E-state index is 12.8. The van der Waals surface area contributed by atoms with Crippen molar-refractivity contribution in [2.45, 2.75) is 52.0 Å². The van der Waals surface area contributed by atoms with E-state index in [1.807, 2.05) is 6.07 Å². The third-order valence-electron chi connectivity index (χ3n) is 3.83. The number of carbonyl (C=O) groups excluding carboxylic acids is 1. The molecule has 1 aliphatic rings. The van der Waals surface area contributed by atoms with E-state index in [4.69, 9.17) is 0 Å². The fraction of sp³-hybridized carbons (Fsp3) is 0.667. The zero-order chi connectivity index (χ0) is 14.7. The Hall–Kier alpha value is 0.130. The first-order valence-corrected chi connectivity index (χ1v) is 9.65. The van der Waals surface area contributed by atoms with Crippen LogP contribution in [-0.4, -0.2) is 23.4 Å². The van der Waals surface area contributed by atoms with Crippen molar-refractivity contribution in [1.82, 2.24) is 4.90 Å². The van der Waals surface area contributed by atoms with Gasteiger partial charge in [0, 0.05) is 17.1 Å². The van der Waals surface area contributed by atoms with Gasteiger partial charge in [-0.3, -0.25) is 4.79 Å². The molecule has 5 heteroatoms. The third kappa shape index (κ3) is 4.08. The molecule has 2 nitrogen and oxygen atoms in total. The Morgan fingerprint density at radius 2 is 2.05 bits per heavy atom. The van der Waals surface area contributed by atoms with Crippen molar-refractivity contribution in [3.05, 3.63) is 19.2 Å². The van der Waals surface area contributed by atoms with E-state index in [0.717, 1.165) is 38.9 Å². The number of nitrogens with zero attached hydrogens (tertiary/aromatic N) is 1. The lowest BCUT2D eigenvalue weighted by atomic mass is 10.1. The Kier molecular flexibility index (Phi) is 6.11. The van der Waals surface area contributed by atoms with Crippen molar-refractivity contribution in [2.75, 3.05) is 6.54 Å². The molecule has 1 heterocycles.